The maximum Gasteiger partial charge on any atom is 0.0383 e. The SMILES string of the molecule is CCN(c1ccc(Br)cc1)C(C)CN. The fraction of sp³-hybridized carbons (Fsp3) is 0.455. The van der Waals surface area contributed by atoms with Gasteiger partial charge in [-0.15, -0.1) is 0 Å². The van der Waals surface area contributed by atoms with Crippen molar-refractivity contribution in [1.29, 1.82) is 0 Å². The van der Waals surface area contributed by atoms with Crippen molar-refractivity contribution in [3.05, 3.63) is 28.7 Å². The Morgan fingerprint density at radius 3 is 2.36 bits per heavy atom. The van der Waals surface area contributed by atoms with Gasteiger partial charge < -0.3 is 10.6 Å². The van der Waals surface area contributed by atoms with Gasteiger partial charge in [-0.1, -0.05) is 15.9 Å². The molecule has 14 heavy (non-hydrogen) atoms. The number of hydrogen-bond acceptors (Lipinski definition) is 2. The van der Waals surface area contributed by atoms with E-state index >= 15 is 0 Å². The van der Waals surface area contributed by atoms with E-state index < -0.39 is 0 Å². The zero-order chi connectivity index (χ0) is 10.6. The number of nitrogens with zero attached hydrogens (tertiary/aromatic N) is 1. The highest BCUT2D eigenvalue weighted by molar-refractivity contribution is 9.10. The fourth-order valence-corrected chi connectivity index (χ4v) is 1.77. The lowest BCUT2D eigenvalue weighted by molar-refractivity contribution is 0.657. The Morgan fingerprint density at radius 2 is 1.93 bits per heavy atom. The smallest absolute Gasteiger partial charge is 0.0383 e. The summed E-state index contributed by atoms with van der Waals surface area (Å²) >= 11 is 3.43. The second-order valence-electron chi connectivity index (χ2n) is 3.35. The molecule has 0 radical (unpaired) electrons. The Morgan fingerprint density at radius 1 is 1.36 bits per heavy atom. The average Bonchev–Trinajstić information content (AvgIpc) is 2.21. The molecular formula is C11H17BrN2. The van der Waals surface area contributed by atoms with Gasteiger partial charge >= 0.3 is 0 Å². The van der Waals surface area contributed by atoms with Gasteiger partial charge in [0.05, 0.1) is 0 Å². The molecule has 0 saturated heterocycles. The van der Waals surface area contributed by atoms with Crippen LogP contribution in [0.2, 0.25) is 0 Å². The Hall–Kier alpha value is -0.540. The van der Waals surface area contributed by atoms with Crippen LogP contribution >= 0.6 is 15.9 Å². The summed E-state index contributed by atoms with van der Waals surface area (Å²) in [6, 6.07) is 8.73. The number of nitrogens with two attached hydrogens (primary N) is 1. The first-order chi connectivity index (χ1) is 6.69. The predicted octanol–water partition coefficient (Wildman–Crippen LogP) is 2.62. The van der Waals surface area contributed by atoms with E-state index in [-0.39, 0.29) is 0 Å². The molecule has 0 bridgehead atoms. The highest BCUT2D eigenvalue weighted by Gasteiger charge is 2.10. The minimum Gasteiger partial charge on any atom is -0.368 e. The molecule has 2 N–H and O–H groups in total. The predicted molar refractivity (Wildman–Crippen MR) is 65.7 cm³/mol. The lowest BCUT2D eigenvalue weighted by Gasteiger charge is -2.29. The first kappa shape index (κ1) is 11.5. The van der Waals surface area contributed by atoms with Crippen LogP contribution in [0.4, 0.5) is 5.69 Å². The number of halogens is 1. The van der Waals surface area contributed by atoms with E-state index in [1.165, 1.54) is 5.69 Å². The monoisotopic (exact) mass is 256 g/mol. The standard InChI is InChI=1S/C11H17BrN2/c1-3-14(9(2)8-13)11-6-4-10(12)5-7-11/h4-7,9H,3,8,13H2,1-2H3. The van der Waals surface area contributed by atoms with Crippen molar-refractivity contribution in [2.24, 2.45) is 5.73 Å². The maximum atomic E-state index is 5.66. The number of anilines is 1. The van der Waals surface area contributed by atoms with Crippen molar-refractivity contribution in [1.82, 2.24) is 0 Å². The van der Waals surface area contributed by atoms with E-state index in [9.17, 15) is 0 Å². The largest absolute Gasteiger partial charge is 0.368 e. The van der Waals surface area contributed by atoms with Crippen LogP contribution in [0.25, 0.3) is 0 Å². The van der Waals surface area contributed by atoms with Gasteiger partial charge in [-0.2, -0.15) is 0 Å². The Balaban J connectivity index is 2.84. The summed E-state index contributed by atoms with van der Waals surface area (Å²) in [4.78, 5) is 2.30. The first-order valence-electron chi connectivity index (χ1n) is 4.91. The van der Waals surface area contributed by atoms with Gasteiger partial charge in [0, 0.05) is 29.3 Å². The molecular weight excluding hydrogens is 240 g/mol. The van der Waals surface area contributed by atoms with Gasteiger partial charge in [-0.25, -0.2) is 0 Å². The summed E-state index contributed by atoms with van der Waals surface area (Å²) in [7, 11) is 0. The number of hydrogen-bond donors (Lipinski definition) is 1. The number of likely N-dealkylation sites (N-methyl/N-ethyl adjacent to an activating group) is 1. The second-order valence-corrected chi connectivity index (χ2v) is 4.26. The highest BCUT2D eigenvalue weighted by atomic mass is 79.9. The van der Waals surface area contributed by atoms with E-state index in [2.05, 4.69) is 58.9 Å². The average molecular weight is 257 g/mol. The van der Waals surface area contributed by atoms with Crippen molar-refractivity contribution in [3.63, 3.8) is 0 Å². The van der Waals surface area contributed by atoms with Crippen LogP contribution in [0.1, 0.15) is 13.8 Å². The Labute approximate surface area is 94.2 Å². The van der Waals surface area contributed by atoms with Crippen LogP contribution in [0.5, 0.6) is 0 Å². The summed E-state index contributed by atoms with van der Waals surface area (Å²) in [6.45, 7) is 5.96. The van der Waals surface area contributed by atoms with Crippen molar-refractivity contribution in [2.75, 3.05) is 18.0 Å². The molecule has 0 fully saturated rings. The number of benzene rings is 1. The Bertz CT molecular complexity index is 271. The first-order valence-corrected chi connectivity index (χ1v) is 5.70. The van der Waals surface area contributed by atoms with Crippen molar-refractivity contribution in [3.8, 4) is 0 Å². The molecule has 0 heterocycles. The van der Waals surface area contributed by atoms with Crippen molar-refractivity contribution < 1.29 is 0 Å². The van der Waals surface area contributed by atoms with E-state index in [4.69, 9.17) is 5.73 Å². The Kier molecular flexibility index (Phi) is 4.42. The summed E-state index contributed by atoms with van der Waals surface area (Å²) < 4.78 is 1.11. The number of rotatable bonds is 4. The third-order valence-electron chi connectivity index (χ3n) is 2.37. The zero-order valence-electron chi connectivity index (χ0n) is 8.70. The van der Waals surface area contributed by atoms with E-state index in [1.807, 2.05) is 0 Å². The molecule has 1 rings (SSSR count). The van der Waals surface area contributed by atoms with Crippen LogP contribution in [0, 0.1) is 0 Å². The molecule has 0 saturated carbocycles. The molecule has 0 aliphatic heterocycles. The normalized spacial score (nSPS) is 12.6. The minimum atomic E-state index is 0.390. The molecule has 0 amide bonds. The minimum absolute atomic E-state index is 0.390. The quantitative estimate of drug-likeness (QED) is 0.898. The summed E-state index contributed by atoms with van der Waals surface area (Å²) in [5.41, 5.74) is 6.90. The zero-order valence-corrected chi connectivity index (χ0v) is 10.3. The van der Waals surface area contributed by atoms with Gasteiger partial charge in [0.1, 0.15) is 0 Å². The van der Waals surface area contributed by atoms with Gasteiger partial charge in [0.15, 0.2) is 0 Å². The molecule has 0 aromatic heterocycles. The van der Waals surface area contributed by atoms with E-state index in [0.717, 1.165) is 11.0 Å². The highest BCUT2D eigenvalue weighted by Crippen LogP contribution is 2.19. The molecule has 2 nitrogen and oxygen atoms in total. The fourth-order valence-electron chi connectivity index (χ4n) is 1.51. The topological polar surface area (TPSA) is 29.3 Å². The molecule has 0 aliphatic rings. The lowest BCUT2D eigenvalue weighted by atomic mass is 10.2. The third-order valence-corrected chi connectivity index (χ3v) is 2.90. The molecule has 1 unspecified atom stereocenters. The third kappa shape index (κ3) is 2.72. The van der Waals surface area contributed by atoms with Crippen LogP contribution in [-0.4, -0.2) is 19.1 Å². The molecule has 0 aliphatic carbocycles. The molecule has 1 atom stereocenters. The molecule has 0 spiro atoms. The summed E-state index contributed by atoms with van der Waals surface area (Å²) in [5, 5.41) is 0. The molecule has 1 aromatic rings. The molecule has 1 aromatic carbocycles. The lowest BCUT2D eigenvalue weighted by Crippen LogP contribution is -2.38. The summed E-state index contributed by atoms with van der Waals surface area (Å²) in [5.74, 6) is 0. The maximum absolute atomic E-state index is 5.66. The van der Waals surface area contributed by atoms with Gasteiger partial charge in [0.25, 0.3) is 0 Å². The van der Waals surface area contributed by atoms with Crippen LogP contribution in [0.15, 0.2) is 28.7 Å². The van der Waals surface area contributed by atoms with Crippen LogP contribution in [0.3, 0.4) is 0 Å². The summed E-state index contributed by atoms with van der Waals surface area (Å²) in [6.07, 6.45) is 0. The molecule has 78 valence electrons. The van der Waals surface area contributed by atoms with E-state index in [1.54, 1.807) is 0 Å². The van der Waals surface area contributed by atoms with Gasteiger partial charge in [0.2, 0.25) is 0 Å². The molecule has 3 heteroatoms. The van der Waals surface area contributed by atoms with Crippen LogP contribution < -0.4 is 10.6 Å². The van der Waals surface area contributed by atoms with Crippen molar-refractivity contribution >= 4 is 21.6 Å². The second kappa shape index (κ2) is 5.37. The van der Waals surface area contributed by atoms with Gasteiger partial charge in [-0.3, -0.25) is 0 Å². The van der Waals surface area contributed by atoms with Crippen molar-refractivity contribution in [2.45, 2.75) is 19.9 Å². The van der Waals surface area contributed by atoms with Crippen LogP contribution in [-0.2, 0) is 0 Å². The van der Waals surface area contributed by atoms with E-state index in [0.29, 0.717) is 12.6 Å². The van der Waals surface area contributed by atoms with Gasteiger partial charge in [-0.05, 0) is 38.1 Å².